The molecule has 0 bridgehead atoms. The number of benzene rings is 1. The van der Waals surface area contributed by atoms with E-state index in [-0.39, 0.29) is 29.3 Å². The van der Waals surface area contributed by atoms with Gasteiger partial charge < -0.3 is 29.1 Å². The summed E-state index contributed by atoms with van der Waals surface area (Å²) in [6.07, 6.45) is 5.33. The second kappa shape index (κ2) is 8.73. The number of hydrogen-bond donors (Lipinski definition) is 2. The highest BCUT2D eigenvalue weighted by molar-refractivity contribution is 7.80. The highest BCUT2D eigenvalue weighted by Gasteiger charge is 2.29. The number of nitrogens with zero attached hydrogens (tertiary/aromatic N) is 2. The Morgan fingerprint density at radius 2 is 1.90 bits per heavy atom. The molecule has 2 amide bonds. The van der Waals surface area contributed by atoms with Crippen LogP contribution in [0.25, 0.3) is 0 Å². The maximum absolute atomic E-state index is 14.8. The van der Waals surface area contributed by atoms with Crippen LogP contribution in [-0.4, -0.2) is 38.3 Å². The third-order valence-electron chi connectivity index (χ3n) is 5.69. The maximum atomic E-state index is 14.8. The molecule has 1 atom stereocenters. The van der Waals surface area contributed by atoms with Gasteiger partial charge in [0.25, 0.3) is 0 Å². The summed E-state index contributed by atoms with van der Waals surface area (Å²) in [5.74, 6) is -0.0343. The van der Waals surface area contributed by atoms with Crippen LogP contribution >= 0.6 is 0 Å². The highest BCUT2D eigenvalue weighted by atomic mass is 32.2. The first-order valence-corrected chi connectivity index (χ1v) is 11.1. The summed E-state index contributed by atoms with van der Waals surface area (Å²) in [6, 6.07) is -0.770. The molecule has 0 fully saturated rings. The molecule has 3 aliphatic rings. The van der Waals surface area contributed by atoms with Crippen molar-refractivity contribution < 1.29 is 22.9 Å². The molecule has 3 N–H and O–H groups in total. The van der Waals surface area contributed by atoms with Gasteiger partial charge in [0.15, 0.2) is 5.90 Å². The molecule has 0 unspecified atom stereocenters. The summed E-state index contributed by atoms with van der Waals surface area (Å²) in [7, 11) is -0.544. The summed E-state index contributed by atoms with van der Waals surface area (Å²) < 4.78 is 41.7. The molecule has 0 spiro atoms. The van der Waals surface area contributed by atoms with Gasteiger partial charge in [0, 0.05) is 12.8 Å². The van der Waals surface area contributed by atoms with Crippen molar-refractivity contribution in [2.75, 3.05) is 25.6 Å². The fourth-order valence-corrected chi connectivity index (χ4v) is 4.93. The Bertz CT molecular complexity index is 995. The van der Waals surface area contributed by atoms with Crippen LogP contribution in [0.5, 0.6) is 0 Å². The number of nitrogens with one attached hydrogen (secondary N) is 1. The lowest BCUT2D eigenvalue weighted by Gasteiger charge is -2.23. The summed E-state index contributed by atoms with van der Waals surface area (Å²) in [4.78, 5) is 16.8. The van der Waals surface area contributed by atoms with E-state index in [1.54, 1.807) is 7.11 Å². The number of hydrogen-bond acceptors (Lipinski definition) is 7. The third-order valence-corrected chi connectivity index (χ3v) is 6.71. The van der Waals surface area contributed by atoms with Gasteiger partial charge in [0.1, 0.15) is 18.5 Å². The molecule has 4 rings (SSSR count). The molecular formula is C20H24FN4O4S-. The topological polar surface area (TPSA) is 115 Å². The van der Waals surface area contributed by atoms with Crippen molar-refractivity contribution in [1.29, 1.82) is 0 Å². The van der Waals surface area contributed by atoms with E-state index in [0.717, 1.165) is 30.2 Å². The molecule has 30 heavy (non-hydrogen) atoms. The SMILES string of the molecule is CO[C@H]1CN=C(/C(=C\N)[S-](=O)=NC(=O)Nc2c3c(c(F)c4c2CCC4)CCC3)OC1. The van der Waals surface area contributed by atoms with Gasteiger partial charge in [-0.05, 0) is 71.9 Å². The van der Waals surface area contributed by atoms with Gasteiger partial charge >= 0.3 is 6.03 Å². The monoisotopic (exact) mass is 435 g/mol. The molecular weight excluding hydrogens is 411 g/mol. The van der Waals surface area contributed by atoms with Crippen molar-refractivity contribution in [3.8, 4) is 0 Å². The van der Waals surface area contributed by atoms with E-state index < -0.39 is 16.6 Å². The number of rotatable bonds is 4. The van der Waals surface area contributed by atoms with Gasteiger partial charge in [0.05, 0.1) is 6.54 Å². The maximum Gasteiger partial charge on any atom is 0.322 e. The van der Waals surface area contributed by atoms with E-state index >= 15 is 0 Å². The summed E-state index contributed by atoms with van der Waals surface area (Å²) in [6.45, 7) is 0.574. The minimum absolute atomic E-state index is 0.0225. The fraction of sp³-hybridized carbons (Fsp3) is 0.500. The first kappa shape index (κ1) is 20.8. The van der Waals surface area contributed by atoms with Gasteiger partial charge in [-0.1, -0.05) is 0 Å². The number of carbonyl (C=O) groups excluding carboxylic acids is 1. The Kier molecular flexibility index (Phi) is 6.05. The number of methoxy groups -OCH3 is 1. The van der Waals surface area contributed by atoms with Crippen LogP contribution in [-0.2, 0) is 50.0 Å². The Labute approximate surface area is 175 Å². The van der Waals surface area contributed by atoms with Crippen molar-refractivity contribution in [1.82, 2.24) is 0 Å². The van der Waals surface area contributed by atoms with Gasteiger partial charge in [-0.15, -0.1) is 10.6 Å². The van der Waals surface area contributed by atoms with Crippen LogP contribution in [0.2, 0.25) is 0 Å². The van der Waals surface area contributed by atoms with E-state index in [2.05, 4.69) is 14.7 Å². The highest BCUT2D eigenvalue weighted by Crippen LogP contribution is 2.41. The zero-order valence-corrected chi connectivity index (χ0v) is 17.5. The van der Waals surface area contributed by atoms with Crippen molar-refractivity contribution in [3.05, 3.63) is 39.2 Å². The lowest BCUT2D eigenvalue weighted by atomic mass is 9.98. The van der Waals surface area contributed by atoms with Crippen LogP contribution in [0, 0.1) is 5.82 Å². The molecule has 8 nitrogen and oxygen atoms in total. The molecule has 10 heteroatoms. The summed E-state index contributed by atoms with van der Waals surface area (Å²) in [5.41, 5.74) is 9.26. The zero-order valence-electron chi connectivity index (χ0n) is 16.7. The molecule has 1 aromatic rings. The fourth-order valence-electron chi connectivity index (χ4n) is 4.24. The minimum Gasteiger partial charge on any atom is -0.476 e. The van der Waals surface area contributed by atoms with E-state index in [1.165, 1.54) is 0 Å². The standard InChI is InChI=1S/C20H24FN4O4S/c1-28-11-9-23-19(29-10-11)16(8-22)30(27)25-20(26)24-18-14-6-2-4-12(14)17(21)13-5-3-7-15(13)18/h8,11H,2-7,9-10,22H2,1H3,(H,24,26)/q-1/b16-8+/t11-/m0/s1. The van der Waals surface area contributed by atoms with Crippen molar-refractivity contribution >= 4 is 28.2 Å². The molecule has 1 heterocycles. The molecule has 1 aromatic carbocycles. The third kappa shape index (κ3) is 3.81. The lowest BCUT2D eigenvalue weighted by Crippen LogP contribution is -2.30. The molecule has 0 saturated heterocycles. The summed E-state index contributed by atoms with van der Waals surface area (Å²) in [5, 5.41) is 2.76. The molecule has 0 aromatic heterocycles. The number of urea groups is 1. The number of halogens is 1. The number of amides is 2. The Morgan fingerprint density at radius 3 is 2.43 bits per heavy atom. The number of anilines is 1. The van der Waals surface area contributed by atoms with Gasteiger partial charge in [-0.25, -0.2) is 9.18 Å². The predicted octanol–water partition coefficient (Wildman–Crippen LogP) is 2.73. The normalized spacial score (nSPS) is 21.6. The quantitative estimate of drug-likeness (QED) is 0.706. The minimum atomic E-state index is -2.09. The lowest BCUT2D eigenvalue weighted by molar-refractivity contribution is 0.0508. The first-order chi connectivity index (χ1) is 14.5. The molecule has 0 saturated carbocycles. The van der Waals surface area contributed by atoms with Crippen LogP contribution in [0.1, 0.15) is 35.1 Å². The van der Waals surface area contributed by atoms with E-state index in [9.17, 15) is 13.4 Å². The number of fused-ring (bicyclic) bond motifs is 2. The van der Waals surface area contributed by atoms with Crippen molar-refractivity contribution in [2.45, 2.75) is 44.6 Å². The van der Waals surface area contributed by atoms with E-state index in [0.29, 0.717) is 49.0 Å². The van der Waals surface area contributed by atoms with E-state index in [4.69, 9.17) is 15.2 Å². The van der Waals surface area contributed by atoms with Gasteiger partial charge in [-0.2, -0.15) is 0 Å². The molecule has 162 valence electrons. The van der Waals surface area contributed by atoms with Gasteiger partial charge in [0.2, 0.25) is 0 Å². The van der Waals surface area contributed by atoms with Gasteiger partial charge in [-0.3, -0.25) is 4.99 Å². The zero-order chi connectivity index (χ0) is 21.3. The molecule has 1 aliphatic heterocycles. The van der Waals surface area contributed by atoms with Crippen LogP contribution < -0.4 is 11.1 Å². The Hall–Kier alpha value is -2.46. The predicted molar refractivity (Wildman–Crippen MR) is 111 cm³/mol. The van der Waals surface area contributed by atoms with Crippen LogP contribution in [0.15, 0.2) is 20.5 Å². The number of ether oxygens (including phenoxy) is 2. The Balaban J connectivity index is 1.57. The number of nitrogens with two attached hydrogens (primary N) is 1. The van der Waals surface area contributed by atoms with Crippen molar-refractivity contribution in [3.63, 3.8) is 0 Å². The number of carbonyl (C=O) groups is 1. The van der Waals surface area contributed by atoms with E-state index in [1.807, 2.05) is 0 Å². The first-order valence-electron chi connectivity index (χ1n) is 9.95. The largest absolute Gasteiger partial charge is 0.476 e. The Morgan fingerprint density at radius 1 is 1.27 bits per heavy atom. The molecule has 0 radical (unpaired) electrons. The van der Waals surface area contributed by atoms with Crippen molar-refractivity contribution in [2.24, 2.45) is 15.1 Å². The van der Waals surface area contributed by atoms with Crippen LogP contribution in [0.4, 0.5) is 14.9 Å². The average molecular weight is 436 g/mol. The number of aliphatic imine (C=N–C) groups is 1. The average Bonchev–Trinajstić information content (AvgIpc) is 3.42. The molecule has 2 aliphatic carbocycles. The smallest absolute Gasteiger partial charge is 0.322 e. The van der Waals surface area contributed by atoms with Crippen LogP contribution in [0.3, 0.4) is 0 Å². The second-order valence-electron chi connectivity index (χ2n) is 7.43. The second-order valence-corrected chi connectivity index (χ2v) is 8.55. The summed E-state index contributed by atoms with van der Waals surface area (Å²) >= 11 is 0.